The Morgan fingerprint density at radius 3 is 1.52 bits per heavy atom. The Bertz CT molecular complexity index is 1600. The molecule has 0 spiro atoms. The number of rotatable bonds is 0. The summed E-state index contributed by atoms with van der Waals surface area (Å²) in [5, 5.41) is 24.4. The molecule has 0 aliphatic rings. The third kappa shape index (κ3) is 6.40. The summed E-state index contributed by atoms with van der Waals surface area (Å²) in [4.78, 5) is 0. The molecule has 0 unspecified atom stereocenters. The third-order valence-corrected chi connectivity index (χ3v) is 7.48. The van der Waals surface area contributed by atoms with E-state index >= 15 is 0 Å². The summed E-state index contributed by atoms with van der Waals surface area (Å²) >= 11 is 0. The average molecular weight is 569 g/mol. The molecular formula is C35H45FN6. The number of nitrogens with one attached hydrogen (secondary N) is 3. The van der Waals surface area contributed by atoms with E-state index in [4.69, 9.17) is 0 Å². The molecule has 6 nitrogen and oxygen atoms in total. The van der Waals surface area contributed by atoms with E-state index in [-0.39, 0.29) is 22.1 Å². The number of hydrogen-bond acceptors (Lipinski definition) is 3. The van der Waals surface area contributed by atoms with Crippen LogP contribution in [0.3, 0.4) is 0 Å². The van der Waals surface area contributed by atoms with Crippen molar-refractivity contribution in [1.29, 1.82) is 0 Å². The predicted molar refractivity (Wildman–Crippen MR) is 174 cm³/mol. The van der Waals surface area contributed by atoms with Gasteiger partial charge in [0.25, 0.3) is 0 Å². The normalized spacial score (nSPS) is 12.3. The van der Waals surface area contributed by atoms with E-state index in [1.807, 2.05) is 33.2 Å². The zero-order valence-electron chi connectivity index (χ0n) is 26.9. The maximum Gasteiger partial charge on any atom is 0.129 e. The van der Waals surface area contributed by atoms with Crippen LogP contribution in [-0.2, 0) is 16.2 Å². The fourth-order valence-corrected chi connectivity index (χ4v) is 5.93. The van der Waals surface area contributed by atoms with Crippen LogP contribution < -0.4 is 0 Å². The second-order valence-corrected chi connectivity index (χ2v) is 14.2. The first-order valence-corrected chi connectivity index (χ1v) is 14.5. The van der Waals surface area contributed by atoms with Crippen molar-refractivity contribution in [3.05, 3.63) is 88.6 Å². The van der Waals surface area contributed by atoms with Gasteiger partial charge in [-0.1, -0.05) is 80.5 Å². The molecule has 7 heteroatoms. The van der Waals surface area contributed by atoms with Crippen molar-refractivity contribution in [2.45, 2.75) is 92.4 Å². The lowest BCUT2D eigenvalue weighted by molar-refractivity contribution is 0.527. The number of benzene rings is 3. The zero-order chi connectivity index (χ0) is 31.0. The van der Waals surface area contributed by atoms with E-state index < -0.39 is 0 Å². The van der Waals surface area contributed by atoms with Crippen molar-refractivity contribution in [3.63, 3.8) is 0 Å². The predicted octanol–water partition coefficient (Wildman–Crippen LogP) is 9.34. The second kappa shape index (κ2) is 11.3. The first-order chi connectivity index (χ1) is 19.5. The molecule has 3 aromatic heterocycles. The average Bonchev–Trinajstić information content (AvgIpc) is 3.62. The van der Waals surface area contributed by atoms with Gasteiger partial charge >= 0.3 is 0 Å². The Kier molecular flexibility index (Phi) is 8.36. The molecule has 3 heterocycles. The molecule has 0 saturated carbocycles. The van der Waals surface area contributed by atoms with E-state index in [1.54, 1.807) is 12.3 Å². The van der Waals surface area contributed by atoms with Gasteiger partial charge in [0.15, 0.2) is 0 Å². The van der Waals surface area contributed by atoms with E-state index in [1.165, 1.54) is 44.6 Å². The van der Waals surface area contributed by atoms with E-state index in [2.05, 4.69) is 110 Å². The molecule has 0 bridgehead atoms. The van der Waals surface area contributed by atoms with Gasteiger partial charge in [-0.3, -0.25) is 15.3 Å². The summed E-state index contributed by atoms with van der Waals surface area (Å²) in [5.74, 6) is -0.172. The van der Waals surface area contributed by atoms with Gasteiger partial charge in [0.2, 0.25) is 0 Å². The standard InChI is InChI=1S/2C12H16N2.C11H13FN2/c1-8-5-6-10-9(7-13-14-10)11(8)12(2,3)4;1-8-5-6-9-7-13-14-11(9)10(8)12(2,3)4;1-11(2,3)9-8(12)5-4-7-6-13-14-10(7)9/h2*5-7H,1-4H3,(H,13,14);4-6H,1-3H3,(H,13,14). The van der Waals surface area contributed by atoms with Crippen molar-refractivity contribution in [2.24, 2.45) is 0 Å². The fraction of sp³-hybridized carbons (Fsp3) is 0.400. The summed E-state index contributed by atoms with van der Waals surface area (Å²) in [6.07, 6.45) is 5.51. The molecule has 0 atom stereocenters. The maximum atomic E-state index is 13.6. The molecule has 0 saturated heterocycles. The number of aryl methyl sites for hydroxylation is 2. The lowest BCUT2D eigenvalue weighted by Gasteiger charge is -2.22. The van der Waals surface area contributed by atoms with Crippen LogP contribution in [0.2, 0.25) is 0 Å². The highest BCUT2D eigenvalue weighted by Gasteiger charge is 2.23. The highest BCUT2D eigenvalue weighted by molar-refractivity contribution is 5.85. The summed E-state index contributed by atoms with van der Waals surface area (Å²) in [5.41, 5.74) is 9.36. The minimum absolute atomic E-state index is 0.163. The third-order valence-electron chi connectivity index (χ3n) is 7.48. The Labute approximate surface area is 248 Å². The van der Waals surface area contributed by atoms with Crippen LogP contribution in [0.25, 0.3) is 32.7 Å². The number of fused-ring (bicyclic) bond motifs is 3. The summed E-state index contributed by atoms with van der Waals surface area (Å²) in [7, 11) is 0. The number of halogens is 1. The molecule has 3 aromatic carbocycles. The lowest BCUT2D eigenvalue weighted by Crippen LogP contribution is -2.14. The van der Waals surface area contributed by atoms with Gasteiger partial charge in [-0.05, 0) is 70.5 Å². The summed E-state index contributed by atoms with van der Waals surface area (Å²) in [6, 6.07) is 11.8. The van der Waals surface area contributed by atoms with Gasteiger partial charge in [-0.2, -0.15) is 15.3 Å². The van der Waals surface area contributed by atoms with E-state index in [0.29, 0.717) is 5.56 Å². The minimum Gasteiger partial charge on any atom is -0.278 e. The van der Waals surface area contributed by atoms with Crippen molar-refractivity contribution in [2.75, 3.05) is 0 Å². The monoisotopic (exact) mass is 568 g/mol. The van der Waals surface area contributed by atoms with Crippen LogP contribution in [0.4, 0.5) is 4.39 Å². The molecule has 0 aliphatic heterocycles. The molecule has 6 rings (SSSR count). The quantitative estimate of drug-likeness (QED) is 0.171. The Morgan fingerprint density at radius 1 is 0.524 bits per heavy atom. The van der Waals surface area contributed by atoms with Crippen molar-refractivity contribution >= 4 is 32.7 Å². The maximum absolute atomic E-state index is 13.6. The van der Waals surface area contributed by atoms with Crippen LogP contribution in [0, 0.1) is 19.7 Å². The van der Waals surface area contributed by atoms with Crippen LogP contribution in [0.5, 0.6) is 0 Å². The summed E-state index contributed by atoms with van der Waals surface area (Å²) in [6.45, 7) is 23.7. The minimum atomic E-state index is -0.212. The smallest absolute Gasteiger partial charge is 0.129 e. The Hall–Kier alpha value is -4.00. The number of hydrogen-bond donors (Lipinski definition) is 3. The zero-order valence-corrected chi connectivity index (χ0v) is 26.9. The number of H-pyrrole nitrogens is 3. The first kappa shape index (κ1) is 30.9. The Balaban J connectivity index is 0.000000145. The number of nitrogens with zero attached hydrogens (tertiary/aromatic N) is 3. The van der Waals surface area contributed by atoms with E-state index in [9.17, 15) is 4.39 Å². The molecule has 0 amide bonds. The van der Waals surface area contributed by atoms with Gasteiger partial charge in [0.05, 0.1) is 35.1 Å². The van der Waals surface area contributed by atoms with Gasteiger partial charge in [0.1, 0.15) is 5.82 Å². The van der Waals surface area contributed by atoms with Crippen molar-refractivity contribution < 1.29 is 4.39 Å². The number of aromatic nitrogens is 6. The van der Waals surface area contributed by atoms with E-state index in [0.717, 1.165) is 16.4 Å². The molecule has 0 radical (unpaired) electrons. The van der Waals surface area contributed by atoms with Crippen molar-refractivity contribution in [3.8, 4) is 0 Å². The fourth-order valence-electron chi connectivity index (χ4n) is 5.93. The number of aromatic amines is 3. The van der Waals surface area contributed by atoms with Crippen LogP contribution in [0.1, 0.15) is 90.1 Å². The molecular weight excluding hydrogens is 523 g/mol. The van der Waals surface area contributed by atoms with Crippen LogP contribution in [0.15, 0.2) is 55.0 Å². The topological polar surface area (TPSA) is 86.0 Å². The molecule has 222 valence electrons. The highest BCUT2D eigenvalue weighted by atomic mass is 19.1. The molecule has 3 N–H and O–H groups in total. The SMILES string of the molecule is CC(C)(C)c1c(F)ccc2cn[nH]c12.Cc1ccc2[nH]ncc2c1C(C)(C)C.Cc1ccc2cn[nH]c2c1C(C)(C)C. The molecule has 42 heavy (non-hydrogen) atoms. The summed E-state index contributed by atoms with van der Waals surface area (Å²) < 4.78 is 13.6. The van der Waals surface area contributed by atoms with Gasteiger partial charge in [-0.15, -0.1) is 0 Å². The Morgan fingerprint density at radius 2 is 0.976 bits per heavy atom. The lowest BCUT2D eigenvalue weighted by atomic mass is 9.82. The molecule has 6 aromatic rings. The van der Waals surface area contributed by atoms with Gasteiger partial charge in [-0.25, -0.2) is 4.39 Å². The van der Waals surface area contributed by atoms with Gasteiger partial charge in [0, 0.05) is 21.7 Å². The highest BCUT2D eigenvalue weighted by Crippen LogP contribution is 2.33. The first-order valence-electron chi connectivity index (χ1n) is 14.5. The van der Waals surface area contributed by atoms with Gasteiger partial charge < -0.3 is 0 Å². The molecule has 0 aliphatic carbocycles. The second-order valence-electron chi connectivity index (χ2n) is 14.2. The largest absolute Gasteiger partial charge is 0.278 e. The van der Waals surface area contributed by atoms with Crippen LogP contribution >= 0.6 is 0 Å². The molecule has 0 fully saturated rings. The van der Waals surface area contributed by atoms with Crippen LogP contribution in [-0.4, -0.2) is 30.6 Å². The van der Waals surface area contributed by atoms with Crippen molar-refractivity contribution in [1.82, 2.24) is 30.6 Å².